The average molecular weight is 384 g/mol. The maximum absolute atomic E-state index is 11.4. The molecular weight excluding hydrogens is 350 g/mol. The Balaban J connectivity index is 2.30. The lowest BCUT2D eigenvalue weighted by atomic mass is 10.0. The van der Waals surface area contributed by atoms with Crippen molar-refractivity contribution in [3.05, 3.63) is 24.3 Å². The van der Waals surface area contributed by atoms with Crippen molar-refractivity contribution in [2.45, 2.75) is 51.0 Å². The van der Waals surface area contributed by atoms with Gasteiger partial charge in [-0.25, -0.2) is 8.42 Å². The summed E-state index contributed by atoms with van der Waals surface area (Å²) in [5.41, 5.74) is 0. The lowest BCUT2D eigenvalue weighted by Crippen LogP contribution is -2.43. The highest BCUT2D eigenvalue weighted by Crippen LogP contribution is 2.15. The van der Waals surface area contributed by atoms with Gasteiger partial charge in [-0.3, -0.25) is 4.99 Å². The van der Waals surface area contributed by atoms with Gasteiger partial charge in [-0.1, -0.05) is 26.7 Å². The first kappa shape index (κ1) is 22.3. The summed E-state index contributed by atoms with van der Waals surface area (Å²) in [7, 11) is -1.42. The second-order valence-corrected chi connectivity index (χ2v) is 8.98. The zero-order valence-electron chi connectivity index (χ0n) is 16.6. The molecule has 0 heterocycles. The summed E-state index contributed by atoms with van der Waals surface area (Å²) in [5, 5.41) is 6.60. The third-order valence-electron chi connectivity index (χ3n) is 3.94. The Kier molecular flexibility index (Phi) is 9.48. The van der Waals surface area contributed by atoms with Gasteiger partial charge in [0.2, 0.25) is 0 Å². The fourth-order valence-corrected chi connectivity index (χ4v) is 3.08. The smallest absolute Gasteiger partial charge is 0.191 e. The van der Waals surface area contributed by atoms with E-state index in [0.717, 1.165) is 18.3 Å². The molecule has 148 valence electrons. The molecule has 0 radical (unpaired) electrons. The number of aliphatic imine (C=N–C) groups is 1. The molecule has 0 aromatic heterocycles. The first-order valence-corrected chi connectivity index (χ1v) is 11.0. The maximum atomic E-state index is 11.4. The maximum Gasteiger partial charge on any atom is 0.191 e. The summed E-state index contributed by atoms with van der Waals surface area (Å²) in [4.78, 5) is 4.52. The van der Waals surface area contributed by atoms with E-state index in [1.165, 1.54) is 19.1 Å². The number of hydrogen-bond acceptors (Lipinski definition) is 4. The summed E-state index contributed by atoms with van der Waals surface area (Å²) in [6.45, 7) is 7.71. The van der Waals surface area contributed by atoms with Gasteiger partial charge in [-0.2, -0.15) is 0 Å². The Morgan fingerprint density at radius 3 is 2.35 bits per heavy atom. The Morgan fingerprint density at radius 1 is 1.15 bits per heavy atom. The van der Waals surface area contributed by atoms with Gasteiger partial charge >= 0.3 is 0 Å². The van der Waals surface area contributed by atoms with Crippen LogP contribution in [0.5, 0.6) is 5.75 Å². The molecular formula is C19H33N3O3S. The van der Waals surface area contributed by atoms with Gasteiger partial charge in [0.15, 0.2) is 15.8 Å². The van der Waals surface area contributed by atoms with Crippen molar-refractivity contribution < 1.29 is 13.2 Å². The second-order valence-electron chi connectivity index (χ2n) is 6.96. The van der Waals surface area contributed by atoms with Gasteiger partial charge in [0.25, 0.3) is 0 Å². The van der Waals surface area contributed by atoms with Crippen LogP contribution in [0.3, 0.4) is 0 Å². The molecule has 1 aromatic carbocycles. The quantitative estimate of drug-likeness (QED) is 0.369. The first-order valence-electron chi connectivity index (χ1n) is 9.12. The van der Waals surface area contributed by atoms with Crippen LogP contribution in [-0.2, 0) is 9.84 Å². The summed E-state index contributed by atoms with van der Waals surface area (Å²) >= 11 is 0. The predicted octanol–water partition coefficient (Wildman–Crippen LogP) is 2.85. The zero-order chi connectivity index (χ0) is 19.6. The van der Waals surface area contributed by atoms with Crippen LogP contribution in [0.1, 0.15) is 40.0 Å². The van der Waals surface area contributed by atoms with Crippen LogP contribution in [0.15, 0.2) is 34.2 Å². The molecule has 0 aliphatic heterocycles. The van der Waals surface area contributed by atoms with Crippen LogP contribution < -0.4 is 15.4 Å². The first-order chi connectivity index (χ1) is 12.2. The van der Waals surface area contributed by atoms with Crippen molar-refractivity contribution in [2.24, 2.45) is 10.9 Å². The monoisotopic (exact) mass is 383 g/mol. The number of sulfone groups is 1. The van der Waals surface area contributed by atoms with E-state index in [0.29, 0.717) is 29.8 Å². The highest BCUT2D eigenvalue weighted by atomic mass is 32.2. The van der Waals surface area contributed by atoms with Crippen LogP contribution >= 0.6 is 0 Å². The molecule has 0 bridgehead atoms. The van der Waals surface area contributed by atoms with Crippen LogP contribution in [0, 0.1) is 5.92 Å². The highest BCUT2D eigenvalue weighted by molar-refractivity contribution is 7.90. The molecule has 0 aliphatic carbocycles. The lowest BCUT2D eigenvalue weighted by Gasteiger charge is -2.18. The number of nitrogens with one attached hydrogen (secondary N) is 2. The minimum Gasteiger partial charge on any atom is -0.492 e. The number of ether oxygens (including phenoxy) is 1. The van der Waals surface area contributed by atoms with Crippen molar-refractivity contribution in [3.8, 4) is 5.75 Å². The topological polar surface area (TPSA) is 79.8 Å². The SMILES string of the molecule is CN=C(NCCOc1ccc(S(C)(=O)=O)cc1)NC(C)CCCC(C)C. The summed E-state index contributed by atoms with van der Waals surface area (Å²) in [6, 6.07) is 6.81. The van der Waals surface area contributed by atoms with Crippen molar-refractivity contribution in [1.82, 2.24) is 10.6 Å². The molecule has 6 nitrogen and oxygen atoms in total. The van der Waals surface area contributed by atoms with Gasteiger partial charge in [0.1, 0.15) is 12.4 Å². The standard InChI is InChI=1S/C19H33N3O3S/c1-15(2)7-6-8-16(3)22-19(20-4)21-13-14-25-17-9-11-18(12-10-17)26(5,23)24/h9-12,15-16H,6-8,13-14H2,1-5H3,(H2,20,21,22). The number of nitrogens with zero attached hydrogens (tertiary/aromatic N) is 1. The molecule has 1 atom stereocenters. The molecule has 2 N–H and O–H groups in total. The van der Waals surface area contributed by atoms with Gasteiger partial charge < -0.3 is 15.4 Å². The molecule has 0 saturated carbocycles. The molecule has 0 saturated heterocycles. The molecule has 7 heteroatoms. The van der Waals surface area contributed by atoms with Crippen molar-refractivity contribution in [1.29, 1.82) is 0 Å². The number of hydrogen-bond donors (Lipinski definition) is 2. The van der Waals surface area contributed by atoms with Gasteiger partial charge in [-0.05, 0) is 43.5 Å². The van der Waals surface area contributed by atoms with E-state index >= 15 is 0 Å². The molecule has 0 aliphatic rings. The molecule has 0 amide bonds. The third kappa shape index (κ3) is 9.08. The van der Waals surface area contributed by atoms with E-state index in [4.69, 9.17) is 4.74 Å². The van der Waals surface area contributed by atoms with Crippen LogP contribution in [0.2, 0.25) is 0 Å². The molecule has 1 rings (SSSR count). The second kappa shape index (κ2) is 11.1. The Morgan fingerprint density at radius 2 is 1.81 bits per heavy atom. The Hall–Kier alpha value is -1.76. The van der Waals surface area contributed by atoms with Gasteiger partial charge in [-0.15, -0.1) is 0 Å². The normalized spacial score (nSPS) is 13.5. The van der Waals surface area contributed by atoms with Gasteiger partial charge in [0, 0.05) is 19.3 Å². The Labute approximate surface area is 158 Å². The van der Waals surface area contributed by atoms with E-state index in [-0.39, 0.29) is 0 Å². The molecule has 0 fully saturated rings. The summed E-state index contributed by atoms with van der Waals surface area (Å²) in [6.07, 6.45) is 4.75. The average Bonchev–Trinajstić information content (AvgIpc) is 2.56. The molecule has 0 spiro atoms. The summed E-state index contributed by atoms with van der Waals surface area (Å²) < 4.78 is 28.5. The van der Waals surface area contributed by atoms with E-state index in [2.05, 4.69) is 36.4 Å². The fourth-order valence-electron chi connectivity index (χ4n) is 2.45. The lowest BCUT2D eigenvalue weighted by molar-refractivity contribution is 0.321. The van der Waals surface area contributed by atoms with Gasteiger partial charge in [0.05, 0.1) is 11.4 Å². The fraction of sp³-hybridized carbons (Fsp3) is 0.632. The summed E-state index contributed by atoms with van der Waals surface area (Å²) in [5.74, 6) is 2.14. The van der Waals surface area contributed by atoms with E-state index in [1.54, 1.807) is 31.3 Å². The molecule has 1 aromatic rings. The third-order valence-corrected chi connectivity index (χ3v) is 5.07. The largest absolute Gasteiger partial charge is 0.492 e. The number of rotatable bonds is 10. The predicted molar refractivity (Wildman–Crippen MR) is 108 cm³/mol. The number of benzene rings is 1. The van der Waals surface area contributed by atoms with E-state index in [9.17, 15) is 8.42 Å². The van der Waals surface area contributed by atoms with Crippen molar-refractivity contribution in [3.63, 3.8) is 0 Å². The number of guanidine groups is 1. The minimum absolute atomic E-state index is 0.291. The van der Waals surface area contributed by atoms with Crippen molar-refractivity contribution in [2.75, 3.05) is 26.5 Å². The molecule has 26 heavy (non-hydrogen) atoms. The minimum atomic E-state index is -3.17. The van der Waals surface area contributed by atoms with Crippen molar-refractivity contribution >= 4 is 15.8 Å². The van der Waals surface area contributed by atoms with Crippen LogP contribution in [0.25, 0.3) is 0 Å². The Bertz CT molecular complexity index is 655. The van der Waals surface area contributed by atoms with Crippen LogP contribution in [-0.4, -0.2) is 46.9 Å². The molecule has 1 unspecified atom stereocenters. The van der Waals surface area contributed by atoms with Crippen LogP contribution in [0.4, 0.5) is 0 Å². The van der Waals surface area contributed by atoms with E-state index in [1.807, 2.05) is 0 Å². The highest BCUT2D eigenvalue weighted by Gasteiger charge is 2.07. The van der Waals surface area contributed by atoms with E-state index < -0.39 is 9.84 Å². The zero-order valence-corrected chi connectivity index (χ0v) is 17.4.